The van der Waals surface area contributed by atoms with Crippen LogP contribution in [0.4, 0.5) is 8.78 Å². The maximum absolute atomic E-state index is 12.8. The van der Waals surface area contributed by atoms with Gasteiger partial charge in [-0.3, -0.25) is 4.57 Å². The molecule has 0 spiro atoms. The van der Waals surface area contributed by atoms with E-state index >= 15 is 0 Å². The zero-order valence-electron chi connectivity index (χ0n) is 11.0. The van der Waals surface area contributed by atoms with Gasteiger partial charge in [0.2, 0.25) is 5.16 Å². The molecule has 114 valence electrons. The summed E-state index contributed by atoms with van der Waals surface area (Å²) >= 11 is 7.06. The third-order valence-electron chi connectivity index (χ3n) is 2.80. The molecule has 0 atom stereocenters. The second-order valence-corrected chi connectivity index (χ2v) is 5.55. The van der Waals surface area contributed by atoms with Crippen LogP contribution in [0.25, 0.3) is 5.69 Å². The van der Waals surface area contributed by atoms with E-state index in [9.17, 15) is 8.78 Å². The Morgan fingerprint density at radius 2 is 2.00 bits per heavy atom. The Morgan fingerprint density at radius 3 is 2.73 bits per heavy atom. The number of thioether (sulfide) groups is 1. The van der Waals surface area contributed by atoms with Gasteiger partial charge in [-0.05, 0) is 34.7 Å². The van der Waals surface area contributed by atoms with Crippen molar-refractivity contribution in [2.24, 2.45) is 0 Å². The van der Waals surface area contributed by atoms with Crippen molar-refractivity contribution < 1.29 is 8.78 Å². The smallest absolute Gasteiger partial charge is 0.277 e. The van der Waals surface area contributed by atoms with Gasteiger partial charge in [0, 0.05) is 17.4 Å². The van der Waals surface area contributed by atoms with E-state index in [4.69, 9.17) is 11.6 Å². The summed E-state index contributed by atoms with van der Waals surface area (Å²) in [4.78, 5) is 3.92. The summed E-state index contributed by atoms with van der Waals surface area (Å²) < 4.78 is 27.8. The van der Waals surface area contributed by atoms with Crippen LogP contribution in [0, 0.1) is 0 Å². The van der Waals surface area contributed by atoms with Gasteiger partial charge in [0.05, 0.1) is 11.4 Å². The van der Waals surface area contributed by atoms with Gasteiger partial charge in [-0.1, -0.05) is 23.4 Å². The predicted molar refractivity (Wildman–Crippen MR) is 77.2 cm³/mol. The van der Waals surface area contributed by atoms with Gasteiger partial charge in [0.15, 0.2) is 0 Å². The highest BCUT2D eigenvalue weighted by atomic mass is 35.5. The number of hydrogen-bond donors (Lipinski definition) is 0. The van der Waals surface area contributed by atoms with Gasteiger partial charge in [0.1, 0.15) is 5.82 Å². The largest absolute Gasteiger partial charge is 0.319 e. The van der Waals surface area contributed by atoms with Crippen LogP contribution >= 0.6 is 23.4 Å². The maximum Gasteiger partial charge on any atom is 0.319 e. The Balaban J connectivity index is 1.78. The fourth-order valence-corrected chi connectivity index (χ4v) is 2.74. The van der Waals surface area contributed by atoms with Gasteiger partial charge in [-0.25, -0.2) is 4.98 Å². The molecular formula is C12H9ClF2N6S. The maximum atomic E-state index is 12.8. The van der Waals surface area contributed by atoms with Crippen LogP contribution in [-0.2, 0) is 5.75 Å². The van der Waals surface area contributed by atoms with Crippen LogP contribution in [0.5, 0.6) is 0 Å². The average Bonchev–Trinajstić information content (AvgIpc) is 3.14. The molecule has 10 heteroatoms. The summed E-state index contributed by atoms with van der Waals surface area (Å²) in [6.45, 7) is -2.62. The molecule has 0 bridgehead atoms. The zero-order valence-corrected chi connectivity index (χ0v) is 12.5. The molecule has 2 aromatic heterocycles. The molecule has 2 heterocycles. The lowest BCUT2D eigenvalue weighted by Crippen LogP contribution is -2.03. The monoisotopic (exact) mass is 342 g/mol. The van der Waals surface area contributed by atoms with Crippen molar-refractivity contribution in [3.63, 3.8) is 0 Å². The van der Waals surface area contributed by atoms with Crippen molar-refractivity contribution in [2.75, 3.05) is 0 Å². The number of hydrogen-bond acceptors (Lipinski definition) is 5. The fourth-order valence-electron chi connectivity index (χ4n) is 1.78. The van der Waals surface area contributed by atoms with Crippen molar-refractivity contribution in [3.8, 4) is 5.69 Å². The summed E-state index contributed by atoms with van der Waals surface area (Å²) in [6.07, 6.45) is 2.58. The molecule has 6 nitrogen and oxygen atoms in total. The summed E-state index contributed by atoms with van der Waals surface area (Å²) in [5, 5.41) is 12.5. The van der Waals surface area contributed by atoms with Crippen LogP contribution in [0.3, 0.4) is 0 Å². The normalized spacial score (nSPS) is 11.3. The Labute approximate surface area is 133 Å². The SMILES string of the molecule is FC(F)n1ccnc1CSc1nnnn1-c1ccc(Cl)cc1. The molecule has 0 saturated heterocycles. The number of alkyl halides is 2. The van der Waals surface area contributed by atoms with E-state index in [1.807, 2.05) is 0 Å². The zero-order chi connectivity index (χ0) is 15.5. The summed E-state index contributed by atoms with van der Waals surface area (Å²) in [7, 11) is 0. The predicted octanol–water partition coefficient (Wildman–Crippen LogP) is 3.20. The van der Waals surface area contributed by atoms with E-state index in [1.54, 1.807) is 24.3 Å². The molecule has 0 aliphatic carbocycles. The number of tetrazole rings is 1. The number of aromatic nitrogens is 6. The topological polar surface area (TPSA) is 61.4 Å². The fraction of sp³-hybridized carbons (Fsp3) is 0.167. The number of imidazole rings is 1. The quantitative estimate of drug-likeness (QED) is 0.666. The first-order valence-corrected chi connectivity index (χ1v) is 7.48. The first kappa shape index (κ1) is 14.9. The molecule has 3 rings (SSSR count). The molecule has 0 aliphatic rings. The Morgan fingerprint density at radius 1 is 1.23 bits per heavy atom. The lowest BCUT2D eigenvalue weighted by molar-refractivity contribution is 0.0678. The Hall–Kier alpha value is -2.00. The van der Waals surface area contributed by atoms with Crippen LogP contribution in [0.15, 0.2) is 41.8 Å². The lowest BCUT2D eigenvalue weighted by Gasteiger charge is -2.06. The molecule has 22 heavy (non-hydrogen) atoms. The third-order valence-corrected chi connectivity index (χ3v) is 3.97. The van der Waals surface area contributed by atoms with Crippen molar-refractivity contribution in [1.82, 2.24) is 29.8 Å². The first-order chi connectivity index (χ1) is 10.6. The number of halogens is 3. The van der Waals surface area contributed by atoms with E-state index in [1.165, 1.54) is 28.8 Å². The minimum atomic E-state index is -2.62. The molecule has 0 fully saturated rings. The van der Waals surface area contributed by atoms with E-state index < -0.39 is 6.55 Å². The molecule has 0 aliphatic heterocycles. The van der Waals surface area contributed by atoms with Crippen LogP contribution in [-0.4, -0.2) is 29.8 Å². The second kappa shape index (κ2) is 6.41. The molecule has 0 amide bonds. The van der Waals surface area contributed by atoms with Crippen molar-refractivity contribution >= 4 is 23.4 Å². The van der Waals surface area contributed by atoms with Gasteiger partial charge in [-0.15, -0.1) is 5.10 Å². The van der Waals surface area contributed by atoms with E-state index in [0.717, 1.165) is 10.3 Å². The minimum absolute atomic E-state index is 0.227. The van der Waals surface area contributed by atoms with E-state index in [-0.39, 0.29) is 11.6 Å². The first-order valence-electron chi connectivity index (χ1n) is 6.12. The third kappa shape index (κ3) is 3.09. The van der Waals surface area contributed by atoms with Crippen LogP contribution in [0.1, 0.15) is 12.4 Å². The van der Waals surface area contributed by atoms with Crippen LogP contribution in [0.2, 0.25) is 5.02 Å². The van der Waals surface area contributed by atoms with Gasteiger partial charge >= 0.3 is 6.55 Å². The molecule has 0 N–H and O–H groups in total. The van der Waals surface area contributed by atoms with Crippen LogP contribution < -0.4 is 0 Å². The Bertz CT molecular complexity index is 757. The molecule has 0 radical (unpaired) electrons. The number of benzene rings is 1. The highest BCUT2D eigenvalue weighted by Crippen LogP contribution is 2.24. The highest BCUT2D eigenvalue weighted by molar-refractivity contribution is 7.98. The summed E-state index contributed by atoms with van der Waals surface area (Å²) in [5.41, 5.74) is 0.731. The van der Waals surface area contributed by atoms with Gasteiger partial charge < -0.3 is 0 Å². The van der Waals surface area contributed by atoms with E-state index in [0.29, 0.717) is 10.2 Å². The summed E-state index contributed by atoms with van der Waals surface area (Å²) in [5.74, 6) is 0.483. The number of nitrogens with zero attached hydrogens (tertiary/aromatic N) is 6. The molecule has 0 unspecified atom stereocenters. The van der Waals surface area contributed by atoms with Gasteiger partial charge in [0.25, 0.3) is 0 Å². The molecule has 0 saturated carbocycles. The van der Waals surface area contributed by atoms with Crippen molar-refractivity contribution in [3.05, 3.63) is 47.5 Å². The number of rotatable bonds is 5. The van der Waals surface area contributed by atoms with E-state index in [2.05, 4.69) is 20.5 Å². The minimum Gasteiger partial charge on any atom is -0.277 e. The molecule has 3 aromatic rings. The highest BCUT2D eigenvalue weighted by Gasteiger charge is 2.14. The second-order valence-electron chi connectivity index (χ2n) is 4.17. The molecule has 1 aromatic carbocycles. The summed E-state index contributed by atoms with van der Waals surface area (Å²) in [6, 6.07) is 6.97. The van der Waals surface area contributed by atoms with Gasteiger partial charge in [-0.2, -0.15) is 13.5 Å². The average molecular weight is 343 g/mol. The van der Waals surface area contributed by atoms with Crippen molar-refractivity contribution in [1.29, 1.82) is 0 Å². The Kier molecular flexibility index (Phi) is 4.34. The molecular weight excluding hydrogens is 334 g/mol. The van der Waals surface area contributed by atoms with Crippen molar-refractivity contribution in [2.45, 2.75) is 17.5 Å². The lowest BCUT2D eigenvalue weighted by atomic mass is 10.3. The standard InChI is InChI=1S/C12H9ClF2N6S/c13-8-1-3-9(4-2-8)21-12(17-18-19-21)22-7-10-16-5-6-20(10)11(14)15/h1-6,11H,7H2.